The Kier molecular flexibility index (Phi) is 3.46. The molecule has 0 radical (unpaired) electrons. The molecule has 0 atom stereocenters. The molecule has 108 valence electrons. The number of hydrogen-bond donors (Lipinski definition) is 2. The van der Waals surface area contributed by atoms with Gasteiger partial charge in [0, 0.05) is 23.8 Å². The smallest absolute Gasteiger partial charge is 0.0641 e. The van der Waals surface area contributed by atoms with Crippen molar-refractivity contribution in [2.45, 2.75) is 32.1 Å². The highest BCUT2D eigenvalue weighted by atomic mass is 14.7. The van der Waals surface area contributed by atoms with Gasteiger partial charge in [-0.25, -0.2) is 0 Å². The van der Waals surface area contributed by atoms with Crippen molar-refractivity contribution >= 4 is 0 Å². The Bertz CT molecular complexity index is 634. The fraction of sp³-hybridized carbons (Fsp3) is 0.263. The molecular weight excluding hydrogens is 256 g/mol. The number of hydrogen-bond acceptors (Lipinski definition) is 0. The predicted molar refractivity (Wildman–Crippen MR) is 87.7 cm³/mol. The maximum Gasteiger partial charge on any atom is 0.0641 e. The van der Waals surface area contributed by atoms with Crippen molar-refractivity contribution in [3.63, 3.8) is 0 Å². The number of benzene rings is 1. The first kappa shape index (κ1) is 13.7. The minimum Gasteiger partial charge on any atom is -0.364 e. The van der Waals surface area contributed by atoms with Crippen LogP contribution in [0.1, 0.15) is 49.2 Å². The van der Waals surface area contributed by atoms with E-state index in [1.807, 2.05) is 12.4 Å². The fourth-order valence-corrected chi connectivity index (χ4v) is 2.75. The van der Waals surface area contributed by atoms with Crippen molar-refractivity contribution in [2.24, 2.45) is 0 Å². The second kappa shape index (κ2) is 5.28. The summed E-state index contributed by atoms with van der Waals surface area (Å²) in [5, 5.41) is 0. The largest absolute Gasteiger partial charge is 0.364 e. The molecule has 2 heteroatoms. The highest BCUT2D eigenvalue weighted by molar-refractivity contribution is 5.40. The SMILES string of the molecule is CC(C)(C)c1ccc(C(c2ccc[nH]2)c2ccc[nH]2)cc1. The molecule has 2 aromatic heterocycles. The van der Waals surface area contributed by atoms with Gasteiger partial charge in [-0.2, -0.15) is 0 Å². The molecule has 3 aromatic rings. The van der Waals surface area contributed by atoms with Gasteiger partial charge in [-0.05, 0) is 40.8 Å². The first-order valence-electron chi connectivity index (χ1n) is 7.43. The third-order valence-electron chi connectivity index (χ3n) is 3.98. The van der Waals surface area contributed by atoms with Gasteiger partial charge < -0.3 is 9.97 Å². The Labute approximate surface area is 126 Å². The van der Waals surface area contributed by atoms with Crippen LogP contribution in [0.3, 0.4) is 0 Å². The van der Waals surface area contributed by atoms with Crippen LogP contribution in [0.15, 0.2) is 60.9 Å². The van der Waals surface area contributed by atoms with Crippen LogP contribution >= 0.6 is 0 Å². The van der Waals surface area contributed by atoms with E-state index in [4.69, 9.17) is 0 Å². The van der Waals surface area contributed by atoms with Crippen LogP contribution in [0.5, 0.6) is 0 Å². The normalized spacial score (nSPS) is 12.0. The van der Waals surface area contributed by atoms with E-state index in [0.717, 1.165) is 0 Å². The fourth-order valence-electron chi connectivity index (χ4n) is 2.75. The average molecular weight is 278 g/mol. The molecule has 2 N–H and O–H groups in total. The lowest BCUT2D eigenvalue weighted by Crippen LogP contribution is -2.11. The highest BCUT2D eigenvalue weighted by Crippen LogP contribution is 2.31. The van der Waals surface area contributed by atoms with Crippen LogP contribution in [0.4, 0.5) is 0 Å². The maximum atomic E-state index is 3.35. The third kappa shape index (κ3) is 2.80. The van der Waals surface area contributed by atoms with Gasteiger partial charge in [0.05, 0.1) is 5.92 Å². The van der Waals surface area contributed by atoms with E-state index in [1.165, 1.54) is 22.5 Å². The lowest BCUT2D eigenvalue weighted by molar-refractivity contribution is 0.590. The first-order chi connectivity index (χ1) is 10.1. The van der Waals surface area contributed by atoms with Gasteiger partial charge in [0.2, 0.25) is 0 Å². The second-order valence-electron chi connectivity index (χ2n) is 6.56. The van der Waals surface area contributed by atoms with Crippen LogP contribution in [-0.4, -0.2) is 9.97 Å². The quantitative estimate of drug-likeness (QED) is 0.688. The summed E-state index contributed by atoms with van der Waals surface area (Å²) in [7, 11) is 0. The van der Waals surface area contributed by atoms with Crippen molar-refractivity contribution in [1.29, 1.82) is 0 Å². The summed E-state index contributed by atoms with van der Waals surface area (Å²) in [6.45, 7) is 6.74. The Morgan fingerprint density at radius 2 is 1.29 bits per heavy atom. The summed E-state index contributed by atoms with van der Waals surface area (Å²) >= 11 is 0. The Hall–Kier alpha value is -2.22. The number of H-pyrrole nitrogens is 2. The maximum absolute atomic E-state index is 3.35. The van der Waals surface area contributed by atoms with Crippen molar-refractivity contribution in [1.82, 2.24) is 9.97 Å². The zero-order valence-electron chi connectivity index (χ0n) is 12.9. The monoisotopic (exact) mass is 278 g/mol. The topological polar surface area (TPSA) is 31.6 Å². The van der Waals surface area contributed by atoms with Crippen molar-refractivity contribution in [3.05, 3.63) is 83.4 Å². The zero-order valence-corrected chi connectivity index (χ0v) is 12.9. The van der Waals surface area contributed by atoms with Crippen LogP contribution in [0.2, 0.25) is 0 Å². The molecule has 0 spiro atoms. The van der Waals surface area contributed by atoms with E-state index in [2.05, 4.69) is 79.3 Å². The van der Waals surface area contributed by atoms with E-state index < -0.39 is 0 Å². The standard InChI is InChI=1S/C19H22N2/c1-19(2,3)15-10-8-14(9-11-15)18(16-6-4-12-20-16)17-7-5-13-21-17/h4-13,18,20-21H,1-3H3. The molecule has 1 aromatic carbocycles. The molecule has 0 saturated heterocycles. The van der Waals surface area contributed by atoms with Gasteiger partial charge in [-0.3, -0.25) is 0 Å². The van der Waals surface area contributed by atoms with Gasteiger partial charge in [-0.1, -0.05) is 45.0 Å². The summed E-state index contributed by atoms with van der Waals surface area (Å²) in [4.78, 5) is 6.70. The average Bonchev–Trinajstić information content (AvgIpc) is 3.12. The lowest BCUT2D eigenvalue weighted by atomic mass is 9.84. The van der Waals surface area contributed by atoms with Crippen molar-refractivity contribution in [3.8, 4) is 0 Å². The molecule has 0 aliphatic heterocycles. The minimum absolute atomic E-state index is 0.187. The van der Waals surface area contributed by atoms with E-state index in [0.29, 0.717) is 0 Å². The lowest BCUT2D eigenvalue weighted by Gasteiger charge is -2.21. The Morgan fingerprint density at radius 1 is 0.762 bits per heavy atom. The third-order valence-corrected chi connectivity index (χ3v) is 3.98. The summed E-state index contributed by atoms with van der Waals surface area (Å²) in [6.07, 6.45) is 3.96. The van der Waals surface area contributed by atoms with Gasteiger partial charge in [0.25, 0.3) is 0 Å². The first-order valence-corrected chi connectivity index (χ1v) is 7.43. The molecule has 0 fully saturated rings. The van der Waals surface area contributed by atoms with E-state index in [1.54, 1.807) is 0 Å². The van der Waals surface area contributed by atoms with Crippen LogP contribution in [0.25, 0.3) is 0 Å². The highest BCUT2D eigenvalue weighted by Gasteiger charge is 2.19. The summed E-state index contributed by atoms with van der Waals surface area (Å²) < 4.78 is 0. The molecular formula is C19H22N2. The summed E-state index contributed by atoms with van der Waals surface area (Å²) in [5.74, 6) is 0.226. The molecule has 21 heavy (non-hydrogen) atoms. The van der Waals surface area contributed by atoms with E-state index >= 15 is 0 Å². The summed E-state index contributed by atoms with van der Waals surface area (Å²) in [5.41, 5.74) is 5.27. The summed E-state index contributed by atoms with van der Waals surface area (Å²) in [6, 6.07) is 17.4. The number of aromatic nitrogens is 2. The predicted octanol–water partition coefficient (Wildman–Crippen LogP) is 4.82. The van der Waals surface area contributed by atoms with Crippen LogP contribution in [-0.2, 0) is 5.41 Å². The minimum atomic E-state index is 0.187. The molecule has 2 nitrogen and oxygen atoms in total. The van der Waals surface area contributed by atoms with Gasteiger partial charge in [-0.15, -0.1) is 0 Å². The second-order valence-corrected chi connectivity index (χ2v) is 6.56. The Morgan fingerprint density at radius 3 is 1.67 bits per heavy atom. The molecule has 0 amide bonds. The zero-order chi connectivity index (χ0) is 14.9. The Balaban J connectivity index is 2.02. The van der Waals surface area contributed by atoms with E-state index in [9.17, 15) is 0 Å². The molecule has 0 aliphatic rings. The molecule has 3 rings (SSSR count). The molecule has 0 saturated carbocycles. The van der Waals surface area contributed by atoms with E-state index in [-0.39, 0.29) is 11.3 Å². The molecule has 0 bridgehead atoms. The van der Waals surface area contributed by atoms with Crippen molar-refractivity contribution in [2.75, 3.05) is 0 Å². The van der Waals surface area contributed by atoms with Crippen molar-refractivity contribution < 1.29 is 0 Å². The molecule has 2 heterocycles. The molecule has 0 aliphatic carbocycles. The number of rotatable bonds is 3. The van der Waals surface area contributed by atoms with Gasteiger partial charge in [0.15, 0.2) is 0 Å². The van der Waals surface area contributed by atoms with Crippen LogP contribution < -0.4 is 0 Å². The van der Waals surface area contributed by atoms with Crippen LogP contribution in [0, 0.1) is 0 Å². The number of aromatic amines is 2. The van der Waals surface area contributed by atoms with Gasteiger partial charge >= 0.3 is 0 Å². The molecule has 0 unspecified atom stereocenters. The van der Waals surface area contributed by atoms with Gasteiger partial charge in [0.1, 0.15) is 0 Å². The number of nitrogens with one attached hydrogen (secondary N) is 2.